The van der Waals surface area contributed by atoms with Gasteiger partial charge in [0.25, 0.3) is 0 Å². The summed E-state index contributed by atoms with van der Waals surface area (Å²) in [5.74, 6) is 1.27. The van der Waals surface area contributed by atoms with Gasteiger partial charge in [-0.15, -0.1) is 11.3 Å². The maximum atomic E-state index is 12.1. The topological polar surface area (TPSA) is 66.4 Å². The van der Waals surface area contributed by atoms with Crippen LogP contribution in [-0.2, 0) is 4.79 Å². The van der Waals surface area contributed by atoms with Gasteiger partial charge < -0.3 is 10.4 Å². The summed E-state index contributed by atoms with van der Waals surface area (Å²) in [4.78, 5) is 24.7. The van der Waals surface area contributed by atoms with Crippen molar-refractivity contribution in [1.82, 2.24) is 5.32 Å². The second-order valence-corrected chi connectivity index (χ2v) is 7.12. The van der Waals surface area contributed by atoms with E-state index in [1.807, 2.05) is 11.4 Å². The van der Waals surface area contributed by atoms with E-state index in [4.69, 9.17) is 0 Å². The molecule has 4 unspecified atom stereocenters. The van der Waals surface area contributed by atoms with Crippen LogP contribution in [0.5, 0.6) is 0 Å². The first-order valence-electron chi connectivity index (χ1n) is 7.66. The zero-order chi connectivity index (χ0) is 14.8. The molecule has 1 aromatic heterocycles. The minimum atomic E-state index is -0.0593. The second kappa shape index (κ2) is 6.28. The number of ketones is 1. The molecule has 0 aromatic carbocycles. The lowest BCUT2D eigenvalue weighted by Gasteiger charge is -2.30. The summed E-state index contributed by atoms with van der Waals surface area (Å²) in [6, 6.07) is 3.75. The number of hydrogen-bond acceptors (Lipinski definition) is 4. The van der Waals surface area contributed by atoms with Crippen molar-refractivity contribution in [3.8, 4) is 0 Å². The number of carbonyl (C=O) groups excluding carboxylic acids is 2. The van der Waals surface area contributed by atoms with Gasteiger partial charge in [0, 0.05) is 31.4 Å². The summed E-state index contributed by atoms with van der Waals surface area (Å²) >= 11 is 1.42. The molecule has 0 radical (unpaired) electrons. The molecule has 2 N–H and O–H groups in total. The van der Waals surface area contributed by atoms with E-state index in [-0.39, 0.29) is 43.1 Å². The summed E-state index contributed by atoms with van der Waals surface area (Å²) in [5, 5.41) is 14.4. The van der Waals surface area contributed by atoms with Gasteiger partial charge in [-0.2, -0.15) is 0 Å². The van der Waals surface area contributed by atoms with E-state index in [0.29, 0.717) is 11.8 Å². The van der Waals surface area contributed by atoms with Gasteiger partial charge in [0.05, 0.1) is 4.88 Å². The number of rotatable bonds is 6. The van der Waals surface area contributed by atoms with Gasteiger partial charge >= 0.3 is 0 Å². The molecule has 114 valence electrons. The Balaban J connectivity index is 1.49. The lowest BCUT2D eigenvalue weighted by molar-refractivity contribution is -0.122. The molecular weight excluding hydrogens is 286 g/mol. The molecule has 4 atom stereocenters. The van der Waals surface area contributed by atoms with E-state index in [0.717, 1.165) is 17.7 Å². The summed E-state index contributed by atoms with van der Waals surface area (Å²) in [5.41, 5.74) is 0. The fourth-order valence-corrected chi connectivity index (χ4v) is 4.64. The summed E-state index contributed by atoms with van der Waals surface area (Å²) in [6.07, 6.45) is 3.96. The van der Waals surface area contributed by atoms with Crippen molar-refractivity contribution in [3.05, 3.63) is 22.4 Å². The maximum absolute atomic E-state index is 12.1. The largest absolute Gasteiger partial charge is 0.396 e. The minimum absolute atomic E-state index is 0.0341. The highest BCUT2D eigenvalue weighted by atomic mass is 32.1. The number of aliphatic hydroxyl groups is 1. The Morgan fingerprint density at radius 1 is 1.29 bits per heavy atom. The molecule has 1 aromatic rings. The Hall–Kier alpha value is -1.20. The smallest absolute Gasteiger partial charge is 0.220 e. The third-order valence-electron chi connectivity index (χ3n) is 5.00. The molecule has 0 aliphatic heterocycles. The van der Waals surface area contributed by atoms with Crippen LogP contribution >= 0.6 is 11.3 Å². The van der Waals surface area contributed by atoms with Crippen LogP contribution in [0.1, 0.15) is 41.8 Å². The predicted molar refractivity (Wildman–Crippen MR) is 81.2 cm³/mol. The number of aliphatic hydroxyl groups excluding tert-OH is 1. The van der Waals surface area contributed by atoms with Crippen LogP contribution in [0.15, 0.2) is 17.5 Å². The maximum Gasteiger partial charge on any atom is 0.220 e. The Morgan fingerprint density at radius 3 is 2.81 bits per heavy atom. The van der Waals surface area contributed by atoms with E-state index >= 15 is 0 Å². The van der Waals surface area contributed by atoms with Crippen LogP contribution in [-0.4, -0.2) is 29.4 Å². The van der Waals surface area contributed by atoms with Crippen LogP contribution in [0.25, 0.3) is 0 Å². The normalized spacial score (nSPS) is 30.5. The van der Waals surface area contributed by atoms with Crippen molar-refractivity contribution in [3.63, 3.8) is 0 Å². The number of carbonyl (C=O) groups is 2. The van der Waals surface area contributed by atoms with Gasteiger partial charge in [0.1, 0.15) is 0 Å². The van der Waals surface area contributed by atoms with E-state index in [1.165, 1.54) is 17.8 Å². The summed E-state index contributed by atoms with van der Waals surface area (Å²) < 4.78 is 0. The molecule has 2 aliphatic carbocycles. The Morgan fingerprint density at radius 2 is 2.10 bits per heavy atom. The van der Waals surface area contributed by atoms with Gasteiger partial charge in [-0.25, -0.2) is 0 Å². The zero-order valence-corrected chi connectivity index (χ0v) is 12.8. The van der Waals surface area contributed by atoms with Crippen molar-refractivity contribution in [1.29, 1.82) is 0 Å². The number of fused-ring (bicyclic) bond motifs is 2. The first-order chi connectivity index (χ1) is 10.2. The van der Waals surface area contributed by atoms with Gasteiger partial charge in [-0.1, -0.05) is 6.07 Å². The van der Waals surface area contributed by atoms with E-state index in [2.05, 4.69) is 5.32 Å². The number of nitrogens with one attached hydrogen (secondary N) is 1. The van der Waals surface area contributed by atoms with Gasteiger partial charge in [0.15, 0.2) is 5.78 Å². The van der Waals surface area contributed by atoms with Crippen molar-refractivity contribution >= 4 is 23.0 Å². The lowest BCUT2D eigenvalue weighted by atomic mass is 9.85. The Labute approximate surface area is 128 Å². The molecule has 2 saturated carbocycles. The molecule has 0 saturated heterocycles. The highest BCUT2D eigenvalue weighted by Crippen LogP contribution is 2.48. The van der Waals surface area contributed by atoms with E-state index in [1.54, 1.807) is 6.07 Å². The lowest BCUT2D eigenvalue weighted by Crippen LogP contribution is -2.45. The van der Waals surface area contributed by atoms with Crippen molar-refractivity contribution in [2.75, 3.05) is 6.61 Å². The molecule has 0 spiro atoms. The molecule has 2 aliphatic rings. The number of Topliss-reactive ketones (excluding diaryl/α,β-unsaturated/α-hetero) is 1. The molecule has 3 rings (SSSR count). The van der Waals surface area contributed by atoms with Gasteiger partial charge in [-0.05, 0) is 42.5 Å². The molecule has 21 heavy (non-hydrogen) atoms. The van der Waals surface area contributed by atoms with Crippen LogP contribution < -0.4 is 5.32 Å². The first kappa shape index (κ1) is 14.7. The highest BCUT2D eigenvalue weighted by molar-refractivity contribution is 7.12. The zero-order valence-electron chi connectivity index (χ0n) is 12.0. The molecule has 2 bridgehead atoms. The Kier molecular flexibility index (Phi) is 4.40. The fourth-order valence-electron chi connectivity index (χ4n) is 3.94. The fraction of sp³-hybridized carbons (Fsp3) is 0.625. The Bertz CT molecular complexity index is 514. The molecular formula is C16H21NO3S. The minimum Gasteiger partial charge on any atom is -0.396 e. The van der Waals surface area contributed by atoms with Crippen LogP contribution in [0.2, 0.25) is 0 Å². The highest BCUT2D eigenvalue weighted by Gasteiger charge is 2.47. The monoisotopic (exact) mass is 307 g/mol. The third kappa shape index (κ3) is 3.04. The average molecular weight is 307 g/mol. The second-order valence-electron chi connectivity index (χ2n) is 6.17. The van der Waals surface area contributed by atoms with Crippen molar-refractivity contribution in [2.24, 2.45) is 17.8 Å². The standard InChI is InChI=1S/C16H21NO3S/c18-9-12-10-3-4-11(8-10)16(12)17-15(20)6-5-13(19)14-2-1-7-21-14/h1-2,7,10-12,16,18H,3-6,8-9H2,(H,17,20). The summed E-state index contributed by atoms with van der Waals surface area (Å²) in [7, 11) is 0. The number of hydrogen-bond donors (Lipinski definition) is 2. The van der Waals surface area contributed by atoms with E-state index < -0.39 is 0 Å². The molecule has 4 nitrogen and oxygen atoms in total. The average Bonchev–Trinajstić information content (AvgIpc) is 3.20. The quantitative estimate of drug-likeness (QED) is 0.792. The van der Waals surface area contributed by atoms with Crippen LogP contribution in [0.3, 0.4) is 0 Å². The van der Waals surface area contributed by atoms with Gasteiger partial charge in [-0.3, -0.25) is 9.59 Å². The van der Waals surface area contributed by atoms with E-state index in [9.17, 15) is 14.7 Å². The summed E-state index contributed by atoms with van der Waals surface area (Å²) in [6.45, 7) is 0.153. The van der Waals surface area contributed by atoms with Gasteiger partial charge in [0.2, 0.25) is 5.91 Å². The first-order valence-corrected chi connectivity index (χ1v) is 8.54. The molecule has 5 heteroatoms. The van der Waals surface area contributed by atoms with Crippen molar-refractivity contribution in [2.45, 2.75) is 38.1 Å². The predicted octanol–water partition coefficient (Wildman–Crippen LogP) is 2.23. The molecule has 1 heterocycles. The van der Waals surface area contributed by atoms with Crippen LogP contribution in [0, 0.1) is 17.8 Å². The number of amides is 1. The number of thiophene rings is 1. The third-order valence-corrected chi connectivity index (χ3v) is 5.91. The molecule has 2 fully saturated rings. The van der Waals surface area contributed by atoms with Crippen LogP contribution in [0.4, 0.5) is 0 Å². The SMILES string of the molecule is O=C(CCC(=O)c1cccs1)NC1C2CCC(C2)C1CO. The molecule has 1 amide bonds. The van der Waals surface area contributed by atoms with Crippen molar-refractivity contribution < 1.29 is 14.7 Å².